The highest BCUT2D eigenvalue weighted by Gasteiger charge is 2.44. The van der Waals surface area contributed by atoms with E-state index in [1.165, 1.54) is 5.56 Å². The van der Waals surface area contributed by atoms with Gasteiger partial charge in [-0.25, -0.2) is 0 Å². The number of carbonyl (C=O) groups is 1. The minimum atomic E-state index is -0.322. The van der Waals surface area contributed by atoms with Gasteiger partial charge in [-0.15, -0.1) is 0 Å². The van der Waals surface area contributed by atoms with Crippen LogP contribution in [0.3, 0.4) is 0 Å². The van der Waals surface area contributed by atoms with Crippen molar-refractivity contribution in [2.45, 2.75) is 38.3 Å². The van der Waals surface area contributed by atoms with Gasteiger partial charge in [0, 0.05) is 44.1 Å². The summed E-state index contributed by atoms with van der Waals surface area (Å²) < 4.78 is 1.98. The maximum atomic E-state index is 13.3. The van der Waals surface area contributed by atoms with E-state index in [-0.39, 0.29) is 11.4 Å². The van der Waals surface area contributed by atoms with Gasteiger partial charge in [-0.2, -0.15) is 5.10 Å². The summed E-state index contributed by atoms with van der Waals surface area (Å²) in [7, 11) is 0. The number of anilines is 1. The molecule has 30 heavy (non-hydrogen) atoms. The van der Waals surface area contributed by atoms with Crippen molar-refractivity contribution in [3.63, 3.8) is 0 Å². The number of rotatable bonds is 7. The standard InChI is InChI=1S/C25H30N4O/c1-2-24(30)29(23-12-7-4-8-13-23)25(22-10-5-3-6-11-22)14-18-27(19-15-25)20-21-28-17-9-16-26-28/h3-13,16-17H,2,14-15,18-21H2,1H3. The summed E-state index contributed by atoms with van der Waals surface area (Å²) in [5.74, 6) is 0.176. The largest absolute Gasteiger partial charge is 0.302 e. The number of likely N-dealkylation sites (tertiary alicyclic amines) is 1. The Labute approximate surface area is 178 Å². The zero-order valence-corrected chi connectivity index (χ0v) is 17.7. The van der Waals surface area contributed by atoms with Crippen LogP contribution in [0.4, 0.5) is 5.69 Å². The highest BCUT2D eigenvalue weighted by atomic mass is 16.2. The summed E-state index contributed by atoms with van der Waals surface area (Å²) in [5, 5.41) is 4.32. The highest BCUT2D eigenvalue weighted by Crippen LogP contribution is 2.42. The van der Waals surface area contributed by atoms with E-state index in [0.717, 1.165) is 44.7 Å². The van der Waals surface area contributed by atoms with E-state index >= 15 is 0 Å². The van der Waals surface area contributed by atoms with Crippen molar-refractivity contribution in [1.29, 1.82) is 0 Å². The van der Waals surface area contributed by atoms with E-state index < -0.39 is 0 Å². The van der Waals surface area contributed by atoms with Crippen LogP contribution in [-0.4, -0.2) is 40.2 Å². The monoisotopic (exact) mass is 402 g/mol. The number of hydrogen-bond donors (Lipinski definition) is 0. The van der Waals surface area contributed by atoms with Crippen LogP contribution in [0, 0.1) is 0 Å². The lowest BCUT2D eigenvalue weighted by Crippen LogP contribution is -2.56. The van der Waals surface area contributed by atoms with Crippen LogP contribution in [-0.2, 0) is 16.9 Å². The first-order chi connectivity index (χ1) is 14.7. The van der Waals surface area contributed by atoms with Crippen LogP contribution < -0.4 is 4.90 Å². The molecule has 0 saturated carbocycles. The van der Waals surface area contributed by atoms with Gasteiger partial charge < -0.3 is 9.80 Å². The first-order valence-electron chi connectivity index (χ1n) is 10.9. The minimum absolute atomic E-state index is 0.176. The number of carbonyl (C=O) groups excluding carboxylic acids is 1. The van der Waals surface area contributed by atoms with Crippen LogP contribution >= 0.6 is 0 Å². The third-order valence-electron chi connectivity index (χ3n) is 6.19. The first-order valence-corrected chi connectivity index (χ1v) is 10.9. The summed E-state index contributed by atoms with van der Waals surface area (Å²) >= 11 is 0. The van der Waals surface area contributed by atoms with E-state index in [9.17, 15) is 4.79 Å². The molecule has 0 radical (unpaired) electrons. The molecule has 0 atom stereocenters. The second kappa shape index (κ2) is 9.26. The smallest absolute Gasteiger partial charge is 0.227 e. The van der Waals surface area contributed by atoms with Crippen molar-refractivity contribution in [1.82, 2.24) is 14.7 Å². The van der Waals surface area contributed by atoms with Gasteiger partial charge in [0.25, 0.3) is 0 Å². The second-order valence-corrected chi connectivity index (χ2v) is 7.93. The Morgan fingerprint density at radius 2 is 1.63 bits per heavy atom. The number of nitrogens with zero attached hydrogens (tertiary/aromatic N) is 4. The minimum Gasteiger partial charge on any atom is -0.302 e. The van der Waals surface area contributed by atoms with Crippen molar-refractivity contribution in [2.24, 2.45) is 0 Å². The maximum Gasteiger partial charge on any atom is 0.227 e. The third kappa shape index (κ3) is 4.17. The van der Waals surface area contributed by atoms with Crippen LogP contribution in [0.5, 0.6) is 0 Å². The number of aromatic nitrogens is 2. The molecule has 0 spiro atoms. The molecular formula is C25H30N4O. The molecule has 1 aromatic heterocycles. The molecular weight excluding hydrogens is 372 g/mol. The first kappa shape index (κ1) is 20.4. The Bertz CT molecular complexity index is 916. The molecule has 3 aromatic rings. The predicted molar refractivity (Wildman–Crippen MR) is 120 cm³/mol. The van der Waals surface area contributed by atoms with E-state index in [0.29, 0.717) is 6.42 Å². The van der Waals surface area contributed by atoms with Crippen molar-refractivity contribution in [3.8, 4) is 0 Å². The molecule has 2 aromatic carbocycles. The Kier molecular flexibility index (Phi) is 6.29. The molecule has 1 amide bonds. The zero-order chi connectivity index (χ0) is 20.8. The molecule has 1 fully saturated rings. The fraction of sp³-hybridized carbons (Fsp3) is 0.360. The quantitative estimate of drug-likeness (QED) is 0.591. The van der Waals surface area contributed by atoms with Gasteiger partial charge in [-0.1, -0.05) is 55.5 Å². The molecule has 1 saturated heterocycles. The van der Waals surface area contributed by atoms with Crippen LogP contribution in [0.15, 0.2) is 79.1 Å². The van der Waals surface area contributed by atoms with Gasteiger partial charge >= 0.3 is 0 Å². The lowest BCUT2D eigenvalue weighted by atomic mass is 9.78. The van der Waals surface area contributed by atoms with Gasteiger partial charge in [0.2, 0.25) is 5.91 Å². The summed E-state index contributed by atoms with van der Waals surface area (Å²) in [6, 6.07) is 22.7. The number of amides is 1. The van der Waals surface area contributed by atoms with E-state index in [2.05, 4.69) is 51.3 Å². The molecule has 1 aliphatic heterocycles. The molecule has 156 valence electrons. The van der Waals surface area contributed by atoms with E-state index in [1.807, 2.05) is 54.3 Å². The lowest BCUT2D eigenvalue weighted by molar-refractivity contribution is -0.120. The van der Waals surface area contributed by atoms with Gasteiger partial charge in [0.1, 0.15) is 0 Å². The second-order valence-electron chi connectivity index (χ2n) is 7.93. The number of piperidine rings is 1. The lowest BCUT2D eigenvalue weighted by Gasteiger charge is -2.49. The third-order valence-corrected chi connectivity index (χ3v) is 6.19. The van der Waals surface area contributed by atoms with Crippen LogP contribution in [0.2, 0.25) is 0 Å². The van der Waals surface area contributed by atoms with Crippen LogP contribution in [0.25, 0.3) is 0 Å². The van der Waals surface area contributed by atoms with Crippen molar-refractivity contribution in [2.75, 3.05) is 24.5 Å². The molecule has 2 heterocycles. The van der Waals surface area contributed by atoms with Crippen molar-refractivity contribution >= 4 is 11.6 Å². The fourth-order valence-electron chi connectivity index (χ4n) is 4.58. The molecule has 0 N–H and O–H groups in total. The maximum absolute atomic E-state index is 13.3. The van der Waals surface area contributed by atoms with Gasteiger partial charge in [-0.3, -0.25) is 9.48 Å². The summed E-state index contributed by atoms with van der Waals surface area (Å²) in [4.78, 5) is 17.8. The number of benzene rings is 2. The highest BCUT2D eigenvalue weighted by molar-refractivity contribution is 5.95. The Morgan fingerprint density at radius 3 is 2.23 bits per heavy atom. The Balaban J connectivity index is 1.62. The normalized spacial score (nSPS) is 16.3. The molecule has 0 aliphatic carbocycles. The fourth-order valence-corrected chi connectivity index (χ4v) is 4.58. The van der Waals surface area contributed by atoms with Crippen LogP contribution in [0.1, 0.15) is 31.7 Å². The van der Waals surface area contributed by atoms with Gasteiger partial charge in [0.15, 0.2) is 0 Å². The molecule has 4 rings (SSSR count). The summed E-state index contributed by atoms with van der Waals surface area (Å²) in [5.41, 5.74) is 1.89. The molecule has 5 heteroatoms. The van der Waals surface area contributed by atoms with Gasteiger partial charge in [0.05, 0.1) is 12.1 Å². The topological polar surface area (TPSA) is 41.4 Å². The molecule has 5 nitrogen and oxygen atoms in total. The average molecular weight is 403 g/mol. The van der Waals surface area contributed by atoms with Crippen molar-refractivity contribution in [3.05, 3.63) is 84.7 Å². The molecule has 1 aliphatic rings. The molecule has 0 bridgehead atoms. The Morgan fingerprint density at radius 1 is 0.967 bits per heavy atom. The van der Waals surface area contributed by atoms with E-state index in [4.69, 9.17) is 0 Å². The average Bonchev–Trinajstić information content (AvgIpc) is 3.33. The van der Waals surface area contributed by atoms with Gasteiger partial charge in [-0.05, 0) is 36.6 Å². The summed E-state index contributed by atoms with van der Waals surface area (Å²) in [6.45, 7) is 5.73. The van der Waals surface area contributed by atoms with E-state index in [1.54, 1.807) is 0 Å². The predicted octanol–water partition coefficient (Wildman–Crippen LogP) is 4.32. The summed E-state index contributed by atoms with van der Waals surface area (Å²) in [6.07, 6.45) is 6.15. The SMILES string of the molecule is CCC(=O)N(c1ccccc1)C1(c2ccccc2)CCN(CCn2cccn2)CC1. The number of para-hydroxylation sites is 1. The van der Waals surface area contributed by atoms with Crippen molar-refractivity contribution < 1.29 is 4.79 Å². The number of hydrogen-bond acceptors (Lipinski definition) is 3. The molecule has 0 unspecified atom stereocenters. The Hall–Kier alpha value is -2.92. The zero-order valence-electron chi connectivity index (χ0n) is 17.7.